The smallest absolute Gasteiger partial charge is 0.338 e. The Bertz CT molecular complexity index is 562. The van der Waals surface area contributed by atoms with Crippen molar-refractivity contribution in [2.24, 2.45) is 0 Å². The molecule has 0 spiro atoms. The van der Waals surface area contributed by atoms with Crippen LogP contribution in [0.25, 0.3) is 0 Å². The molecule has 0 fully saturated rings. The van der Waals surface area contributed by atoms with E-state index in [0.29, 0.717) is 0 Å². The van der Waals surface area contributed by atoms with Crippen LogP contribution in [0.1, 0.15) is 5.56 Å². The third-order valence-corrected chi connectivity index (χ3v) is 2.37. The van der Waals surface area contributed by atoms with Crippen LogP contribution in [0.2, 0.25) is 0 Å². The van der Waals surface area contributed by atoms with Crippen molar-refractivity contribution >= 4 is 23.8 Å². The lowest BCUT2D eigenvalue weighted by Crippen LogP contribution is -2.51. The number of rotatable bonds is 3. The van der Waals surface area contributed by atoms with E-state index in [1.807, 2.05) is 4.98 Å². The van der Waals surface area contributed by atoms with E-state index in [1.165, 1.54) is 0 Å². The summed E-state index contributed by atoms with van der Waals surface area (Å²) in [6, 6.07) is 0. The lowest BCUT2D eigenvalue weighted by Gasteiger charge is -2.28. The zero-order valence-electron chi connectivity index (χ0n) is 8.04. The summed E-state index contributed by atoms with van der Waals surface area (Å²) in [6.07, 6.45) is 0.123. The molecule has 0 saturated carbocycles. The van der Waals surface area contributed by atoms with Gasteiger partial charge in [-0.15, -0.1) is 0 Å². The minimum atomic E-state index is -5.95. The average Bonchev–Trinajstić information content (AvgIpc) is 2.14. The van der Waals surface area contributed by atoms with Crippen LogP contribution in [0.4, 0.5) is 26.3 Å². The number of hydrogen-bond acceptors (Lipinski definition) is 2. The molecule has 1 heterocycles. The number of aromatic nitrogens is 2. The molecule has 0 aliphatic carbocycles. The van der Waals surface area contributed by atoms with Gasteiger partial charge in [0, 0.05) is 6.20 Å². The zero-order valence-corrected chi connectivity index (χ0v) is 9.61. The largest absolute Gasteiger partial charge is 0.391 e. The summed E-state index contributed by atoms with van der Waals surface area (Å²) >= 11 is 8.27. The summed E-state index contributed by atoms with van der Waals surface area (Å²) in [5, 5.41) is -5.53. The van der Waals surface area contributed by atoms with Crippen molar-refractivity contribution in [3.05, 3.63) is 26.9 Å². The number of aromatic amines is 2. The van der Waals surface area contributed by atoms with E-state index in [0.717, 1.165) is 0 Å². The molecule has 102 valence electrons. The summed E-state index contributed by atoms with van der Waals surface area (Å²) in [4.78, 5) is 14.4. The molecular weight excluding hydrogens is 310 g/mol. The van der Waals surface area contributed by atoms with Crippen LogP contribution in [0.3, 0.4) is 0 Å². The SMILES string of the molecule is O=c1[nH]c(=S)[nH]cc1C(F)(F)C(F)(F)C(F)(F)Cl. The number of nitrogens with one attached hydrogen (secondary N) is 2. The van der Waals surface area contributed by atoms with Gasteiger partial charge >= 0.3 is 17.2 Å². The Morgan fingerprint density at radius 3 is 2.06 bits per heavy atom. The molecule has 0 unspecified atom stereocenters. The summed E-state index contributed by atoms with van der Waals surface area (Å²) in [7, 11) is 0. The van der Waals surface area contributed by atoms with Gasteiger partial charge in [-0.3, -0.25) is 9.78 Å². The highest BCUT2D eigenvalue weighted by atomic mass is 35.5. The number of alkyl halides is 7. The molecule has 1 rings (SSSR count). The first-order valence-electron chi connectivity index (χ1n) is 4.06. The Balaban J connectivity index is 3.47. The van der Waals surface area contributed by atoms with Crippen molar-refractivity contribution in [1.29, 1.82) is 0 Å². The lowest BCUT2D eigenvalue weighted by molar-refractivity contribution is -0.286. The van der Waals surface area contributed by atoms with Crippen LogP contribution in [0.15, 0.2) is 11.0 Å². The monoisotopic (exact) mass is 312 g/mol. The molecule has 1 aromatic rings. The molecule has 0 amide bonds. The second kappa shape index (κ2) is 4.26. The maximum absolute atomic E-state index is 13.2. The Hall–Kier alpha value is -1.03. The standard InChI is InChI=1S/C7H3ClF6N2OS/c8-7(13,14)6(11,12)5(9,10)2-1-15-4(18)16-3(2)17/h1H,(H2,15,16,17,18). The van der Waals surface area contributed by atoms with Crippen molar-refractivity contribution < 1.29 is 26.3 Å². The first kappa shape index (κ1) is 15.0. The van der Waals surface area contributed by atoms with Gasteiger partial charge in [-0.1, -0.05) is 0 Å². The Morgan fingerprint density at radius 1 is 1.17 bits per heavy atom. The molecule has 18 heavy (non-hydrogen) atoms. The molecule has 0 aromatic carbocycles. The van der Waals surface area contributed by atoms with Crippen LogP contribution < -0.4 is 5.56 Å². The van der Waals surface area contributed by atoms with Crippen molar-refractivity contribution in [1.82, 2.24) is 9.97 Å². The molecule has 2 N–H and O–H groups in total. The number of H-pyrrole nitrogens is 2. The molecule has 0 aliphatic rings. The maximum Gasteiger partial charge on any atom is 0.391 e. The topological polar surface area (TPSA) is 48.6 Å². The van der Waals surface area contributed by atoms with E-state index >= 15 is 0 Å². The van der Waals surface area contributed by atoms with Crippen LogP contribution >= 0.6 is 23.8 Å². The Morgan fingerprint density at radius 2 is 1.67 bits per heavy atom. The molecule has 0 atom stereocenters. The molecule has 0 aliphatic heterocycles. The Kier molecular flexibility index (Phi) is 3.56. The van der Waals surface area contributed by atoms with Crippen molar-refractivity contribution in [2.75, 3.05) is 0 Å². The molecule has 0 saturated heterocycles. The predicted molar refractivity (Wildman–Crippen MR) is 51.9 cm³/mol. The van der Waals surface area contributed by atoms with E-state index in [-0.39, 0.29) is 6.20 Å². The molecule has 3 nitrogen and oxygen atoms in total. The second-order valence-electron chi connectivity index (χ2n) is 3.13. The van der Waals surface area contributed by atoms with Gasteiger partial charge < -0.3 is 4.98 Å². The first-order valence-corrected chi connectivity index (χ1v) is 4.84. The number of hydrogen-bond donors (Lipinski definition) is 2. The minimum Gasteiger partial charge on any atom is -0.338 e. The van der Waals surface area contributed by atoms with Crippen LogP contribution in [0, 0.1) is 4.77 Å². The van der Waals surface area contributed by atoms with Crippen molar-refractivity contribution in [3.8, 4) is 0 Å². The second-order valence-corrected chi connectivity index (χ2v) is 4.02. The van der Waals surface area contributed by atoms with Gasteiger partial charge in [-0.05, 0) is 23.8 Å². The Labute approximate surface area is 105 Å². The van der Waals surface area contributed by atoms with Gasteiger partial charge in [0.1, 0.15) is 5.56 Å². The predicted octanol–water partition coefficient (Wildman–Crippen LogP) is 2.99. The average molecular weight is 313 g/mol. The van der Waals surface area contributed by atoms with Crippen LogP contribution in [0.5, 0.6) is 0 Å². The highest BCUT2D eigenvalue weighted by Crippen LogP contribution is 2.51. The maximum atomic E-state index is 13.2. The molecular formula is C7H3ClF6N2OS. The molecule has 11 heteroatoms. The summed E-state index contributed by atoms with van der Waals surface area (Å²) in [5.41, 5.74) is -3.62. The fourth-order valence-electron chi connectivity index (χ4n) is 0.990. The van der Waals surface area contributed by atoms with Gasteiger partial charge in [0.25, 0.3) is 5.56 Å². The van der Waals surface area contributed by atoms with E-state index < -0.39 is 33.1 Å². The third kappa shape index (κ3) is 2.26. The van der Waals surface area contributed by atoms with Gasteiger partial charge in [0.05, 0.1) is 0 Å². The van der Waals surface area contributed by atoms with Crippen LogP contribution in [-0.4, -0.2) is 21.3 Å². The van der Waals surface area contributed by atoms with Crippen LogP contribution in [-0.2, 0) is 5.92 Å². The van der Waals surface area contributed by atoms with E-state index in [9.17, 15) is 31.1 Å². The molecule has 0 bridgehead atoms. The summed E-state index contributed by atoms with van der Waals surface area (Å²) < 4.78 is 76.3. The highest BCUT2D eigenvalue weighted by molar-refractivity contribution is 7.71. The molecule has 1 aromatic heterocycles. The van der Waals surface area contributed by atoms with E-state index in [4.69, 9.17) is 0 Å². The summed E-state index contributed by atoms with van der Waals surface area (Å²) in [6.45, 7) is 0. The molecule has 0 radical (unpaired) electrons. The lowest BCUT2D eigenvalue weighted by atomic mass is 10.1. The zero-order chi connectivity index (χ0) is 14.4. The third-order valence-electron chi connectivity index (χ3n) is 1.91. The minimum absolute atomic E-state index is 0.123. The highest BCUT2D eigenvalue weighted by Gasteiger charge is 2.72. The van der Waals surface area contributed by atoms with Gasteiger partial charge in [0.15, 0.2) is 4.77 Å². The van der Waals surface area contributed by atoms with E-state index in [1.54, 1.807) is 4.98 Å². The van der Waals surface area contributed by atoms with Crippen molar-refractivity contribution in [3.63, 3.8) is 0 Å². The fourth-order valence-corrected chi connectivity index (χ4v) is 1.26. The fraction of sp³-hybridized carbons (Fsp3) is 0.429. The van der Waals surface area contributed by atoms with Crippen molar-refractivity contribution in [2.45, 2.75) is 17.2 Å². The van der Waals surface area contributed by atoms with Gasteiger partial charge in [-0.25, -0.2) is 0 Å². The summed E-state index contributed by atoms with van der Waals surface area (Å²) in [5.74, 6) is -11.4. The van der Waals surface area contributed by atoms with Gasteiger partial charge in [-0.2, -0.15) is 26.3 Å². The number of halogens is 7. The van der Waals surface area contributed by atoms with E-state index in [2.05, 4.69) is 23.8 Å². The van der Waals surface area contributed by atoms with Gasteiger partial charge in [0.2, 0.25) is 0 Å². The normalized spacial score (nSPS) is 13.7. The quantitative estimate of drug-likeness (QED) is 0.512. The first-order chi connectivity index (χ1) is 7.91.